The van der Waals surface area contributed by atoms with Gasteiger partial charge in [0.1, 0.15) is 5.75 Å². The van der Waals surface area contributed by atoms with Crippen LogP contribution < -0.4 is 4.74 Å². The Labute approximate surface area is 112 Å². The molecular weight excluding hydrogens is 248 g/mol. The van der Waals surface area contributed by atoms with Crippen molar-refractivity contribution in [3.05, 3.63) is 46.8 Å². The van der Waals surface area contributed by atoms with E-state index in [0.717, 1.165) is 29.2 Å². The second kappa shape index (κ2) is 5.44. The quantitative estimate of drug-likeness (QED) is 0.793. The molecule has 1 aromatic heterocycles. The van der Waals surface area contributed by atoms with Gasteiger partial charge in [-0.05, 0) is 31.5 Å². The SMILES string of the molecule is COc1ccc(Cn2nc(C)c(CCl)c2C)cc1. The molecule has 0 aliphatic carbocycles. The Kier molecular flexibility index (Phi) is 3.92. The monoisotopic (exact) mass is 264 g/mol. The standard InChI is InChI=1S/C14H17ClN2O/c1-10-14(8-15)11(2)17(16-10)9-12-4-6-13(18-3)7-5-12/h4-7H,8-9H2,1-3H3. The van der Waals surface area contributed by atoms with Crippen LogP contribution in [-0.4, -0.2) is 16.9 Å². The summed E-state index contributed by atoms with van der Waals surface area (Å²) in [6.07, 6.45) is 0. The maximum atomic E-state index is 5.92. The lowest BCUT2D eigenvalue weighted by molar-refractivity contribution is 0.414. The van der Waals surface area contributed by atoms with Crippen molar-refractivity contribution in [2.45, 2.75) is 26.3 Å². The third kappa shape index (κ3) is 2.51. The summed E-state index contributed by atoms with van der Waals surface area (Å²) in [5.74, 6) is 1.38. The number of alkyl halides is 1. The molecule has 0 unspecified atom stereocenters. The van der Waals surface area contributed by atoms with Gasteiger partial charge in [0.25, 0.3) is 0 Å². The molecule has 96 valence electrons. The summed E-state index contributed by atoms with van der Waals surface area (Å²) < 4.78 is 7.14. The number of hydrogen-bond acceptors (Lipinski definition) is 2. The van der Waals surface area contributed by atoms with Gasteiger partial charge in [0.2, 0.25) is 0 Å². The first kappa shape index (κ1) is 13.0. The van der Waals surface area contributed by atoms with E-state index in [0.29, 0.717) is 5.88 Å². The van der Waals surface area contributed by atoms with Gasteiger partial charge in [-0.3, -0.25) is 4.68 Å². The molecule has 0 amide bonds. The number of nitrogens with zero attached hydrogens (tertiary/aromatic N) is 2. The fourth-order valence-electron chi connectivity index (χ4n) is 1.99. The van der Waals surface area contributed by atoms with E-state index >= 15 is 0 Å². The highest BCUT2D eigenvalue weighted by Crippen LogP contribution is 2.18. The number of rotatable bonds is 4. The number of benzene rings is 1. The van der Waals surface area contributed by atoms with Crippen molar-refractivity contribution in [3.8, 4) is 5.75 Å². The Balaban J connectivity index is 2.22. The Hall–Kier alpha value is -1.48. The smallest absolute Gasteiger partial charge is 0.118 e. The van der Waals surface area contributed by atoms with Crippen LogP contribution in [0.25, 0.3) is 0 Å². The molecule has 0 spiro atoms. The van der Waals surface area contributed by atoms with E-state index in [4.69, 9.17) is 16.3 Å². The van der Waals surface area contributed by atoms with Crippen LogP contribution in [0.4, 0.5) is 0 Å². The molecule has 3 nitrogen and oxygen atoms in total. The van der Waals surface area contributed by atoms with Crippen molar-refractivity contribution in [3.63, 3.8) is 0 Å². The summed E-state index contributed by atoms with van der Waals surface area (Å²) in [4.78, 5) is 0. The van der Waals surface area contributed by atoms with Gasteiger partial charge < -0.3 is 4.74 Å². The van der Waals surface area contributed by atoms with Gasteiger partial charge in [-0.15, -0.1) is 11.6 Å². The highest BCUT2D eigenvalue weighted by molar-refractivity contribution is 6.17. The summed E-state index contributed by atoms with van der Waals surface area (Å²) in [5.41, 5.74) is 4.47. The van der Waals surface area contributed by atoms with Crippen LogP contribution in [0.5, 0.6) is 5.75 Å². The van der Waals surface area contributed by atoms with Crippen LogP contribution in [-0.2, 0) is 12.4 Å². The minimum absolute atomic E-state index is 0.514. The molecule has 0 radical (unpaired) electrons. The molecule has 4 heteroatoms. The minimum Gasteiger partial charge on any atom is -0.497 e. The van der Waals surface area contributed by atoms with Gasteiger partial charge in [-0.2, -0.15) is 5.10 Å². The lowest BCUT2D eigenvalue weighted by atomic mass is 10.2. The molecule has 2 aromatic rings. The third-order valence-corrected chi connectivity index (χ3v) is 3.42. The first-order valence-electron chi connectivity index (χ1n) is 5.87. The van der Waals surface area contributed by atoms with Gasteiger partial charge in [0.15, 0.2) is 0 Å². The summed E-state index contributed by atoms with van der Waals surface area (Å²) in [7, 11) is 1.67. The molecule has 0 saturated heterocycles. The normalized spacial score (nSPS) is 10.7. The number of aryl methyl sites for hydroxylation is 1. The van der Waals surface area contributed by atoms with E-state index < -0.39 is 0 Å². The Morgan fingerprint density at radius 3 is 2.39 bits per heavy atom. The Morgan fingerprint density at radius 1 is 1.22 bits per heavy atom. The molecule has 0 bridgehead atoms. The Morgan fingerprint density at radius 2 is 1.89 bits per heavy atom. The predicted molar refractivity (Wildman–Crippen MR) is 73.4 cm³/mol. The van der Waals surface area contributed by atoms with Gasteiger partial charge in [-0.1, -0.05) is 12.1 Å². The topological polar surface area (TPSA) is 27.1 Å². The van der Waals surface area contributed by atoms with Crippen molar-refractivity contribution in [1.29, 1.82) is 0 Å². The zero-order chi connectivity index (χ0) is 13.1. The van der Waals surface area contributed by atoms with Crippen LogP contribution in [0.3, 0.4) is 0 Å². The number of ether oxygens (including phenoxy) is 1. The van der Waals surface area contributed by atoms with Gasteiger partial charge in [0.05, 0.1) is 25.2 Å². The van der Waals surface area contributed by atoms with Gasteiger partial charge >= 0.3 is 0 Å². The van der Waals surface area contributed by atoms with E-state index in [2.05, 4.69) is 24.2 Å². The molecule has 0 aliphatic rings. The van der Waals surface area contributed by atoms with E-state index in [1.54, 1.807) is 7.11 Å². The average molecular weight is 265 g/mol. The van der Waals surface area contributed by atoms with Crippen LogP contribution in [0.15, 0.2) is 24.3 Å². The largest absolute Gasteiger partial charge is 0.497 e. The molecule has 18 heavy (non-hydrogen) atoms. The minimum atomic E-state index is 0.514. The second-order valence-corrected chi connectivity index (χ2v) is 4.56. The van der Waals surface area contributed by atoms with E-state index in [-0.39, 0.29) is 0 Å². The van der Waals surface area contributed by atoms with Crippen LogP contribution >= 0.6 is 11.6 Å². The lowest BCUT2D eigenvalue weighted by Gasteiger charge is -2.06. The number of hydrogen-bond donors (Lipinski definition) is 0. The zero-order valence-corrected chi connectivity index (χ0v) is 11.7. The van der Waals surface area contributed by atoms with E-state index in [9.17, 15) is 0 Å². The summed E-state index contributed by atoms with van der Waals surface area (Å²) in [5, 5.41) is 4.52. The van der Waals surface area contributed by atoms with Crippen molar-refractivity contribution in [2.75, 3.05) is 7.11 Å². The highest BCUT2D eigenvalue weighted by Gasteiger charge is 2.10. The lowest BCUT2D eigenvalue weighted by Crippen LogP contribution is -2.04. The maximum Gasteiger partial charge on any atom is 0.118 e. The fourth-order valence-corrected chi connectivity index (χ4v) is 2.37. The van der Waals surface area contributed by atoms with E-state index in [1.165, 1.54) is 5.56 Å². The molecule has 0 N–H and O–H groups in total. The first-order valence-corrected chi connectivity index (χ1v) is 6.41. The molecule has 0 saturated carbocycles. The predicted octanol–water partition coefficient (Wildman–Crippen LogP) is 3.30. The molecule has 2 rings (SSSR count). The van der Waals surface area contributed by atoms with Crippen molar-refractivity contribution in [1.82, 2.24) is 9.78 Å². The highest BCUT2D eigenvalue weighted by atomic mass is 35.5. The first-order chi connectivity index (χ1) is 8.65. The molecule has 0 atom stereocenters. The maximum absolute atomic E-state index is 5.92. The van der Waals surface area contributed by atoms with Crippen LogP contribution in [0, 0.1) is 13.8 Å². The number of methoxy groups -OCH3 is 1. The van der Waals surface area contributed by atoms with Crippen LogP contribution in [0.2, 0.25) is 0 Å². The average Bonchev–Trinajstić information content (AvgIpc) is 2.65. The fraction of sp³-hybridized carbons (Fsp3) is 0.357. The second-order valence-electron chi connectivity index (χ2n) is 4.29. The summed E-state index contributed by atoms with van der Waals surface area (Å²) in [6.45, 7) is 4.81. The summed E-state index contributed by atoms with van der Waals surface area (Å²) in [6, 6.07) is 8.03. The molecule has 1 aromatic carbocycles. The van der Waals surface area contributed by atoms with E-state index in [1.807, 2.05) is 23.7 Å². The summed E-state index contributed by atoms with van der Waals surface area (Å²) >= 11 is 5.92. The molecule has 1 heterocycles. The molecular formula is C14H17ClN2O. The van der Waals surface area contributed by atoms with Crippen molar-refractivity contribution in [2.24, 2.45) is 0 Å². The number of halogens is 1. The van der Waals surface area contributed by atoms with Crippen molar-refractivity contribution >= 4 is 11.6 Å². The third-order valence-electron chi connectivity index (χ3n) is 3.16. The van der Waals surface area contributed by atoms with Crippen LogP contribution in [0.1, 0.15) is 22.5 Å². The van der Waals surface area contributed by atoms with Gasteiger partial charge in [-0.25, -0.2) is 0 Å². The molecule has 0 aliphatic heterocycles. The zero-order valence-electron chi connectivity index (χ0n) is 10.9. The molecule has 0 fully saturated rings. The Bertz CT molecular complexity index is 531. The van der Waals surface area contributed by atoms with Crippen molar-refractivity contribution < 1.29 is 4.74 Å². The van der Waals surface area contributed by atoms with Gasteiger partial charge in [0, 0.05) is 11.3 Å². The number of aromatic nitrogens is 2.